The Bertz CT molecular complexity index is 702. The third kappa shape index (κ3) is 4.38. The van der Waals surface area contributed by atoms with Crippen LogP contribution in [0, 0.1) is 0 Å². The van der Waals surface area contributed by atoms with Crippen LogP contribution in [-0.2, 0) is 6.54 Å². The number of hydrogen-bond donors (Lipinski definition) is 3. The summed E-state index contributed by atoms with van der Waals surface area (Å²) in [6, 6.07) is 11.0. The SMILES string of the molecule is NC(=O)c1ccc(NC(=O)NCc2ccc(Cl)c(Cl)c2)cc1. The van der Waals surface area contributed by atoms with Gasteiger partial charge in [0.05, 0.1) is 10.0 Å². The van der Waals surface area contributed by atoms with Crippen molar-refractivity contribution in [1.82, 2.24) is 5.32 Å². The number of hydrogen-bond acceptors (Lipinski definition) is 2. The zero-order valence-electron chi connectivity index (χ0n) is 11.4. The lowest BCUT2D eigenvalue weighted by atomic mass is 10.2. The van der Waals surface area contributed by atoms with Crippen LogP contribution in [0.1, 0.15) is 15.9 Å². The Labute approximate surface area is 137 Å². The van der Waals surface area contributed by atoms with Crippen LogP contribution in [0.3, 0.4) is 0 Å². The number of benzene rings is 2. The van der Waals surface area contributed by atoms with Gasteiger partial charge in [-0.2, -0.15) is 0 Å². The summed E-state index contributed by atoms with van der Waals surface area (Å²) >= 11 is 11.7. The zero-order valence-corrected chi connectivity index (χ0v) is 12.9. The van der Waals surface area contributed by atoms with Gasteiger partial charge in [0.15, 0.2) is 0 Å². The van der Waals surface area contributed by atoms with Gasteiger partial charge in [0.2, 0.25) is 5.91 Å². The Morgan fingerprint density at radius 1 is 1.00 bits per heavy atom. The van der Waals surface area contributed by atoms with Gasteiger partial charge in [0.25, 0.3) is 0 Å². The summed E-state index contributed by atoms with van der Waals surface area (Å²) in [5.74, 6) is -0.518. The van der Waals surface area contributed by atoms with Gasteiger partial charge in [0.1, 0.15) is 0 Å². The minimum Gasteiger partial charge on any atom is -0.366 e. The van der Waals surface area contributed by atoms with E-state index in [1.165, 1.54) is 12.1 Å². The second-order valence-electron chi connectivity index (χ2n) is 4.50. The van der Waals surface area contributed by atoms with Gasteiger partial charge >= 0.3 is 6.03 Å². The number of rotatable bonds is 4. The first-order chi connectivity index (χ1) is 10.5. The van der Waals surface area contributed by atoms with Gasteiger partial charge in [-0.25, -0.2) is 4.79 Å². The molecule has 7 heteroatoms. The largest absolute Gasteiger partial charge is 0.366 e. The first-order valence-corrected chi connectivity index (χ1v) is 7.10. The fraction of sp³-hybridized carbons (Fsp3) is 0.0667. The molecule has 0 aliphatic rings. The average Bonchev–Trinajstić information content (AvgIpc) is 2.49. The van der Waals surface area contributed by atoms with E-state index in [0.717, 1.165) is 5.56 Å². The standard InChI is InChI=1S/C15H13Cl2N3O2/c16-12-6-1-9(7-13(12)17)8-19-15(22)20-11-4-2-10(3-5-11)14(18)21/h1-7H,8H2,(H2,18,21)(H2,19,20,22). The molecule has 0 saturated carbocycles. The second-order valence-corrected chi connectivity index (χ2v) is 5.31. The van der Waals surface area contributed by atoms with E-state index in [1.807, 2.05) is 0 Å². The van der Waals surface area contributed by atoms with Crippen LogP contribution >= 0.6 is 23.2 Å². The molecule has 0 saturated heterocycles. The minimum absolute atomic E-state index is 0.308. The Morgan fingerprint density at radius 2 is 1.68 bits per heavy atom. The summed E-state index contributed by atoms with van der Waals surface area (Å²) < 4.78 is 0. The normalized spacial score (nSPS) is 10.1. The van der Waals surface area contributed by atoms with E-state index < -0.39 is 5.91 Å². The van der Waals surface area contributed by atoms with Crippen molar-refractivity contribution in [3.05, 3.63) is 63.6 Å². The van der Waals surface area contributed by atoms with Gasteiger partial charge in [-0.15, -0.1) is 0 Å². The van der Waals surface area contributed by atoms with Crippen LogP contribution < -0.4 is 16.4 Å². The third-order valence-electron chi connectivity index (χ3n) is 2.86. The highest BCUT2D eigenvalue weighted by molar-refractivity contribution is 6.42. The molecule has 2 aromatic rings. The van der Waals surface area contributed by atoms with Crippen LogP contribution in [-0.4, -0.2) is 11.9 Å². The molecule has 0 aliphatic heterocycles. The van der Waals surface area contributed by atoms with Crippen molar-refractivity contribution in [3.8, 4) is 0 Å². The number of nitrogens with two attached hydrogens (primary N) is 1. The summed E-state index contributed by atoms with van der Waals surface area (Å²) in [4.78, 5) is 22.7. The van der Waals surface area contributed by atoms with Gasteiger partial charge in [0, 0.05) is 17.8 Å². The van der Waals surface area contributed by atoms with E-state index in [0.29, 0.717) is 27.8 Å². The summed E-state index contributed by atoms with van der Waals surface area (Å²) in [6.45, 7) is 0.308. The molecule has 0 heterocycles. The lowest BCUT2D eigenvalue weighted by molar-refractivity contribution is 0.100. The Kier molecular flexibility index (Phi) is 5.25. The summed E-state index contributed by atoms with van der Waals surface area (Å²) in [6.07, 6.45) is 0. The molecule has 0 aliphatic carbocycles. The van der Waals surface area contributed by atoms with Crippen LogP contribution in [0.2, 0.25) is 10.0 Å². The number of amides is 3. The highest BCUT2D eigenvalue weighted by Gasteiger charge is 2.05. The summed E-state index contributed by atoms with van der Waals surface area (Å²) in [5.41, 5.74) is 6.90. The van der Waals surface area contributed by atoms with Crippen LogP contribution in [0.4, 0.5) is 10.5 Å². The highest BCUT2D eigenvalue weighted by atomic mass is 35.5. The van der Waals surface area contributed by atoms with Crippen LogP contribution in [0.5, 0.6) is 0 Å². The fourth-order valence-corrected chi connectivity index (χ4v) is 2.05. The van der Waals surface area contributed by atoms with Crippen molar-refractivity contribution in [2.45, 2.75) is 6.54 Å². The average molecular weight is 338 g/mol. The lowest BCUT2D eigenvalue weighted by Gasteiger charge is -2.08. The lowest BCUT2D eigenvalue weighted by Crippen LogP contribution is -2.28. The number of carbonyl (C=O) groups excluding carboxylic acids is 2. The van der Waals surface area contributed by atoms with Gasteiger partial charge in [-0.05, 0) is 42.0 Å². The van der Waals surface area contributed by atoms with E-state index in [4.69, 9.17) is 28.9 Å². The maximum Gasteiger partial charge on any atom is 0.319 e. The Balaban J connectivity index is 1.89. The number of primary amides is 1. The molecular weight excluding hydrogens is 325 g/mol. The smallest absolute Gasteiger partial charge is 0.319 e. The maximum atomic E-state index is 11.8. The van der Waals surface area contributed by atoms with Gasteiger partial charge in [-0.3, -0.25) is 4.79 Å². The molecule has 0 bridgehead atoms. The number of nitrogens with one attached hydrogen (secondary N) is 2. The van der Waals surface area contributed by atoms with E-state index in [9.17, 15) is 9.59 Å². The first kappa shape index (κ1) is 16.1. The van der Waals surface area contributed by atoms with Crippen LogP contribution in [0.25, 0.3) is 0 Å². The van der Waals surface area contributed by atoms with E-state index in [1.54, 1.807) is 30.3 Å². The quantitative estimate of drug-likeness (QED) is 0.798. The number of anilines is 1. The Hall–Kier alpha value is -2.24. The molecule has 0 unspecified atom stereocenters. The maximum absolute atomic E-state index is 11.8. The number of halogens is 2. The summed E-state index contributed by atoms with van der Waals surface area (Å²) in [7, 11) is 0. The van der Waals surface area contributed by atoms with Crippen molar-refractivity contribution in [2.24, 2.45) is 5.73 Å². The molecule has 2 rings (SSSR count). The van der Waals surface area contributed by atoms with Crippen LogP contribution in [0.15, 0.2) is 42.5 Å². The minimum atomic E-state index is -0.518. The molecule has 0 atom stereocenters. The fourth-order valence-electron chi connectivity index (χ4n) is 1.73. The van der Waals surface area contributed by atoms with Crippen molar-refractivity contribution in [3.63, 3.8) is 0 Å². The molecule has 4 N–H and O–H groups in total. The molecule has 22 heavy (non-hydrogen) atoms. The first-order valence-electron chi connectivity index (χ1n) is 6.34. The molecule has 0 radical (unpaired) electrons. The monoisotopic (exact) mass is 337 g/mol. The Morgan fingerprint density at radius 3 is 2.27 bits per heavy atom. The molecular formula is C15H13Cl2N3O2. The zero-order chi connectivity index (χ0) is 16.1. The van der Waals surface area contributed by atoms with Crippen molar-refractivity contribution in [2.75, 3.05) is 5.32 Å². The highest BCUT2D eigenvalue weighted by Crippen LogP contribution is 2.22. The predicted octanol–water partition coefficient (Wildman–Crippen LogP) is 3.41. The molecule has 3 amide bonds. The molecule has 0 fully saturated rings. The van der Waals surface area contributed by atoms with Crippen molar-refractivity contribution in [1.29, 1.82) is 0 Å². The van der Waals surface area contributed by atoms with E-state index >= 15 is 0 Å². The summed E-state index contributed by atoms with van der Waals surface area (Å²) in [5, 5.41) is 6.23. The molecule has 0 spiro atoms. The predicted molar refractivity (Wildman–Crippen MR) is 87.3 cm³/mol. The molecule has 5 nitrogen and oxygen atoms in total. The number of urea groups is 1. The number of carbonyl (C=O) groups is 2. The van der Waals surface area contributed by atoms with Crippen molar-refractivity contribution >= 4 is 40.8 Å². The molecule has 2 aromatic carbocycles. The van der Waals surface area contributed by atoms with Crippen molar-refractivity contribution < 1.29 is 9.59 Å². The van der Waals surface area contributed by atoms with E-state index in [-0.39, 0.29) is 6.03 Å². The second kappa shape index (κ2) is 7.15. The topological polar surface area (TPSA) is 84.2 Å². The van der Waals surface area contributed by atoms with Gasteiger partial charge < -0.3 is 16.4 Å². The van der Waals surface area contributed by atoms with E-state index in [2.05, 4.69) is 10.6 Å². The van der Waals surface area contributed by atoms with Gasteiger partial charge in [-0.1, -0.05) is 29.3 Å². The molecule has 0 aromatic heterocycles. The third-order valence-corrected chi connectivity index (χ3v) is 3.60. The molecule has 114 valence electrons.